The predicted octanol–water partition coefficient (Wildman–Crippen LogP) is 5.45. The van der Waals surface area contributed by atoms with Crippen molar-refractivity contribution in [2.75, 3.05) is 6.54 Å². The van der Waals surface area contributed by atoms with Gasteiger partial charge in [0, 0.05) is 17.8 Å². The summed E-state index contributed by atoms with van der Waals surface area (Å²) in [5, 5.41) is 7.36. The summed E-state index contributed by atoms with van der Waals surface area (Å²) in [7, 11) is 0. The zero-order valence-electron chi connectivity index (χ0n) is 18.4. The van der Waals surface area contributed by atoms with E-state index in [4.69, 9.17) is 4.52 Å². The molecule has 2 aromatic carbocycles. The molecule has 0 bridgehead atoms. The van der Waals surface area contributed by atoms with Crippen molar-refractivity contribution in [2.45, 2.75) is 40.2 Å². The molecule has 0 spiro atoms. The van der Waals surface area contributed by atoms with E-state index in [1.807, 2.05) is 37.3 Å². The lowest BCUT2D eigenvalue weighted by molar-refractivity contribution is 0.199. The monoisotopic (exact) mass is 416 g/mol. The van der Waals surface area contributed by atoms with Crippen molar-refractivity contribution < 1.29 is 9.32 Å². The summed E-state index contributed by atoms with van der Waals surface area (Å²) in [6.07, 6.45) is 0.964. The van der Waals surface area contributed by atoms with Gasteiger partial charge in [-0.2, -0.15) is 4.98 Å². The maximum atomic E-state index is 13.0. The third-order valence-electron chi connectivity index (χ3n) is 5.55. The van der Waals surface area contributed by atoms with Crippen molar-refractivity contribution >= 4 is 11.6 Å². The van der Waals surface area contributed by atoms with Gasteiger partial charge >= 0.3 is 6.03 Å². The maximum absolute atomic E-state index is 13.0. The molecule has 2 amide bonds. The molecule has 3 aromatic rings. The summed E-state index contributed by atoms with van der Waals surface area (Å²) in [6.45, 7) is 8.88. The molecule has 1 aliphatic rings. The van der Waals surface area contributed by atoms with E-state index in [0.29, 0.717) is 24.2 Å². The van der Waals surface area contributed by atoms with Crippen molar-refractivity contribution in [2.24, 2.45) is 5.92 Å². The Hall–Kier alpha value is -3.41. The minimum Gasteiger partial charge on any atom is -0.334 e. The van der Waals surface area contributed by atoms with Crippen molar-refractivity contribution in [1.82, 2.24) is 20.4 Å². The van der Waals surface area contributed by atoms with Gasteiger partial charge in [-0.1, -0.05) is 80.5 Å². The molecule has 6 heteroatoms. The van der Waals surface area contributed by atoms with Crippen LogP contribution < -0.4 is 5.32 Å². The Labute approximate surface area is 183 Å². The quantitative estimate of drug-likeness (QED) is 0.580. The topological polar surface area (TPSA) is 71.3 Å². The van der Waals surface area contributed by atoms with Crippen LogP contribution in [0.4, 0.5) is 4.79 Å². The number of allylic oxidation sites excluding steroid dienone is 1. The molecule has 0 radical (unpaired) electrons. The van der Waals surface area contributed by atoms with Crippen LogP contribution in [0.15, 0.2) is 64.8 Å². The fourth-order valence-corrected chi connectivity index (χ4v) is 3.88. The summed E-state index contributed by atoms with van der Waals surface area (Å²) in [4.78, 5) is 19.4. The zero-order valence-corrected chi connectivity index (χ0v) is 18.4. The van der Waals surface area contributed by atoms with Gasteiger partial charge in [0.05, 0.1) is 11.6 Å². The lowest BCUT2D eigenvalue weighted by Crippen LogP contribution is -2.47. The molecule has 6 nitrogen and oxygen atoms in total. The molecule has 160 valence electrons. The molecule has 1 unspecified atom stereocenters. The number of nitrogens with one attached hydrogen (secondary N) is 1. The number of carbonyl (C=O) groups is 1. The van der Waals surface area contributed by atoms with Crippen LogP contribution in [0.2, 0.25) is 0 Å². The predicted molar refractivity (Wildman–Crippen MR) is 121 cm³/mol. The van der Waals surface area contributed by atoms with Crippen LogP contribution in [0.1, 0.15) is 50.8 Å². The van der Waals surface area contributed by atoms with Gasteiger partial charge in [-0.05, 0) is 30.4 Å². The van der Waals surface area contributed by atoms with Crippen LogP contribution in [0.5, 0.6) is 0 Å². The number of hydrogen-bond acceptors (Lipinski definition) is 4. The number of benzene rings is 2. The average Bonchev–Trinajstić information content (AvgIpc) is 3.26. The van der Waals surface area contributed by atoms with Gasteiger partial charge in [-0.25, -0.2) is 4.79 Å². The number of urea groups is 1. The van der Waals surface area contributed by atoms with E-state index < -0.39 is 0 Å². The van der Waals surface area contributed by atoms with Gasteiger partial charge in [-0.15, -0.1) is 0 Å². The average molecular weight is 417 g/mol. The maximum Gasteiger partial charge on any atom is 0.322 e. The van der Waals surface area contributed by atoms with E-state index >= 15 is 0 Å². The largest absolute Gasteiger partial charge is 0.334 e. The third kappa shape index (κ3) is 4.24. The van der Waals surface area contributed by atoms with Crippen LogP contribution in [-0.4, -0.2) is 27.6 Å². The fraction of sp³-hybridized carbons (Fsp3) is 0.320. The fourth-order valence-electron chi connectivity index (χ4n) is 3.88. The first-order valence-corrected chi connectivity index (χ1v) is 10.7. The second-order valence-corrected chi connectivity index (χ2v) is 8.27. The molecular formula is C25H28N4O2. The Morgan fingerprint density at radius 1 is 1.10 bits per heavy atom. The highest BCUT2D eigenvalue weighted by Gasteiger charge is 2.35. The first-order chi connectivity index (χ1) is 15.0. The number of aryl methyl sites for hydroxylation is 1. The van der Waals surface area contributed by atoms with Crippen LogP contribution >= 0.6 is 0 Å². The van der Waals surface area contributed by atoms with E-state index in [-0.39, 0.29) is 12.1 Å². The second kappa shape index (κ2) is 8.76. The Morgan fingerprint density at radius 2 is 1.81 bits per heavy atom. The standard InChI is InChI=1S/C25H28N4O2/c1-5-18-11-13-19(14-12-18)22-21(17(4)29(15-16(2)3)25(30)26-22)24-27-23(28-31-24)20-9-7-6-8-10-20/h6-14,16,22H,5,15H2,1-4H3,(H,26,30). The Kier molecular flexibility index (Phi) is 5.89. The number of hydrogen-bond donors (Lipinski definition) is 1. The van der Waals surface area contributed by atoms with Gasteiger partial charge in [0.1, 0.15) is 0 Å². The molecule has 1 aromatic heterocycles. The highest BCUT2D eigenvalue weighted by atomic mass is 16.5. The van der Waals surface area contributed by atoms with Crippen LogP contribution in [0.3, 0.4) is 0 Å². The Morgan fingerprint density at radius 3 is 2.45 bits per heavy atom. The Bertz CT molecular complexity index is 1080. The minimum absolute atomic E-state index is 0.109. The Balaban J connectivity index is 1.80. The molecular weight excluding hydrogens is 388 g/mol. The van der Waals surface area contributed by atoms with Gasteiger partial charge in [0.25, 0.3) is 5.89 Å². The van der Waals surface area contributed by atoms with E-state index in [1.165, 1.54) is 5.56 Å². The van der Waals surface area contributed by atoms with Crippen molar-refractivity contribution in [3.05, 3.63) is 77.3 Å². The normalized spacial score (nSPS) is 16.7. The highest BCUT2D eigenvalue weighted by molar-refractivity contribution is 5.86. The number of aromatic nitrogens is 2. The number of carbonyl (C=O) groups excluding carboxylic acids is 1. The molecule has 1 N–H and O–H groups in total. The summed E-state index contributed by atoms with van der Waals surface area (Å²) in [6, 6.07) is 17.6. The SMILES string of the molecule is CCc1ccc(C2NC(=O)N(CC(C)C)C(C)=C2c2nc(-c3ccccc3)no2)cc1. The highest BCUT2D eigenvalue weighted by Crippen LogP contribution is 2.37. The number of rotatable bonds is 6. The van der Waals surface area contributed by atoms with E-state index in [2.05, 4.69) is 60.5 Å². The number of nitrogens with zero attached hydrogens (tertiary/aromatic N) is 3. The van der Waals surface area contributed by atoms with Crippen molar-refractivity contribution in [3.63, 3.8) is 0 Å². The van der Waals surface area contributed by atoms with E-state index in [0.717, 1.165) is 28.8 Å². The molecule has 2 heterocycles. The molecule has 4 rings (SSSR count). The summed E-state index contributed by atoms with van der Waals surface area (Å²) in [5.74, 6) is 1.28. The first-order valence-electron chi connectivity index (χ1n) is 10.7. The van der Waals surface area contributed by atoms with Crippen molar-refractivity contribution in [3.8, 4) is 11.4 Å². The van der Waals surface area contributed by atoms with Gasteiger partial charge in [0.2, 0.25) is 5.82 Å². The molecule has 0 saturated heterocycles. The molecule has 0 saturated carbocycles. The third-order valence-corrected chi connectivity index (χ3v) is 5.55. The zero-order chi connectivity index (χ0) is 22.0. The van der Waals surface area contributed by atoms with Crippen molar-refractivity contribution in [1.29, 1.82) is 0 Å². The molecule has 1 atom stereocenters. The molecule has 31 heavy (non-hydrogen) atoms. The summed E-state index contributed by atoms with van der Waals surface area (Å²) < 4.78 is 5.72. The lowest BCUT2D eigenvalue weighted by atomic mass is 9.93. The van der Waals surface area contributed by atoms with E-state index in [1.54, 1.807) is 4.90 Å². The second-order valence-electron chi connectivity index (χ2n) is 8.27. The van der Waals surface area contributed by atoms with Crippen LogP contribution in [0, 0.1) is 5.92 Å². The van der Waals surface area contributed by atoms with E-state index in [9.17, 15) is 4.79 Å². The summed E-state index contributed by atoms with van der Waals surface area (Å²) in [5.41, 5.74) is 4.80. The van der Waals surface area contributed by atoms with Gasteiger partial charge in [0.15, 0.2) is 0 Å². The molecule has 0 aliphatic carbocycles. The van der Waals surface area contributed by atoms with Gasteiger partial charge in [-0.3, -0.25) is 4.90 Å². The molecule has 0 fully saturated rings. The molecule has 1 aliphatic heterocycles. The minimum atomic E-state index is -0.356. The summed E-state index contributed by atoms with van der Waals surface area (Å²) >= 11 is 0. The van der Waals surface area contributed by atoms with Crippen LogP contribution in [0.25, 0.3) is 17.0 Å². The lowest BCUT2D eigenvalue weighted by Gasteiger charge is -2.36. The smallest absolute Gasteiger partial charge is 0.322 e. The van der Waals surface area contributed by atoms with Gasteiger partial charge < -0.3 is 9.84 Å². The first kappa shape index (κ1) is 20.8. The van der Waals surface area contributed by atoms with Crippen LogP contribution in [-0.2, 0) is 6.42 Å². The number of amides is 2.